The molecule has 1 aromatic carbocycles. The lowest BCUT2D eigenvalue weighted by Crippen LogP contribution is -2.31. The Labute approximate surface area is 116 Å². The molecule has 0 aliphatic carbocycles. The van der Waals surface area contributed by atoms with Crippen LogP contribution in [0.4, 0.5) is 0 Å². The molecule has 0 aliphatic heterocycles. The molecule has 0 saturated carbocycles. The fraction of sp³-hybridized carbons (Fsp3) is 0.214. The van der Waals surface area contributed by atoms with E-state index in [1.54, 1.807) is 12.4 Å². The first kappa shape index (κ1) is 12.7. The first-order chi connectivity index (χ1) is 9.83. The summed E-state index contributed by atoms with van der Waals surface area (Å²) in [6.45, 7) is 2.89. The molecular formula is C14H16N6. The van der Waals surface area contributed by atoms with Crippen molar-refractivity contribution in [3.63, 3.8) is 0 Å². The van der Waals surface area contributed by atoms with E-state index in [9.17, 15) is 0 Å². The zero-order valence-corrected chi connectivity index (χ0v) is 11.2. The van der Waals surface area contributed by atoms with Crippen molar-refractivity contribution >= 4 is 11.0 Å². The predicted octanol–water partition coefficient (Wildman–Crippen LogP) is 1.40. The van der Waals surface area contributed by atoms with Crippen molar-refractivity contribution in [2.24, 2.45) is 5.84 Å². The zero-order chi connectivity index (χ0) is 13.9. The van der Waals surface area contributed by atoms with Gasteiger partial charge in [-0.15, -0.1) is 0 Å². The highest BCUT2D eigenvalue weighted by Gasteiger charge is 2.19. The van der Waals surface area contributed by atoms with Crippen molar-refractivity contribution in [3.8, 4) is 0 Å². The first-order valence-corrected chi connectivity index (χ1v) is 6.52. The van der Waals surface area contributed by atoms with E-state index < -0.39 is 0 Å². The van der Waals surface area contributed by atoms with Crippen LogP contribution in [-0.4, -0.2) is 19.5 Å². The number of benzene rings is 1. The molecule has 3 N–H and O–H groups in total. The van der Waals surface area contributed by atoms with Gasteiger partial charge in [-0.3, -0.25) is 10.8 Å². The van der Waals surface area contributed by atoms with E-state index in [0.717, 1.165) is 29.1 Å². The molecule has 1 unspecified atom stereocenters. The minimum atomic E-state index is -0.276. The average Bonchev–Trinajstić information content (AvgIpc) is 2.96. The molecule has 6 nitrogen and oxygen atoms in total. The van der Waals surface area contributed by atoms with Crippen molar-refractivity contribution in [1.29, 1.82) is 0 Å². The number of para-hydroxylation sites is 2. The van der Waals surface area contributed by atoms with Crippen molar-refractivity contribution in [3.05, 3.63) is 54.4 Å². The van der Waals surface area contributed by atoms with Gasteiger partial charge < -0.3 is 4.57 Å². The molecule has 3 aromatic rings. The van der Waals surface area contributed by atoms with Crippen LogP contribution in [0.1, 0.15) is 24.5 Å². The maximum atomic E-state index is 5.69. The van der Waals surface area contributed by atoms with Crippen LogP contribution < -0.4 is 11.3 Å². The topological polar surface area (TPSA) is 81.7 Å². The molecule has 2 heterocycles. The molecule has 0 spiro atoms. The largest absolute Gasteiger partial charge is 0.334 e. The molecule has 0 saturated heterocycles. The number of nitrogens with one attached hydrogen (secondary N) is 1. The predicted molar refractivity (Wildman–Crippen MR) is 76.6 cm³/mol. The number of hydrazine groups is 1. The monoisotopic (exact) mass is 268 g/mol. The molecule has 0 amide bonds. The SMILES string of the molecule is CCn1ccnc1C(NN)c1cnc2ccccc2n1. The number of hydrogen-bond acceptors (Lipinski definition) is 5. The molecule has 0 aliphatic rings. The number of nitrogens with two attached hydrogens (primary N) is 1. The molecule has 0 radical (unpaired) electrons. The fourth-order valence-corrected chi connectivity index (χ4v) is 2.25. The van der Waals surface area contributed by atoms with Crippen molar-refractivity contribution < 1.29 is 0 Å². The van der Waals surface area contributed by atoms with Gasteiger partial charge in [-0.1, -0.05) is 12.1 Å². The van der Waals surface area contributed by atoms with Gasteiger partial charge in [-0.2, -0.15) is 0 Å². The number of hydrogen-bond donors (Lipinski definition) is 2. The second-order valence-corrected chi connectivity index (χ2v) is 4.45. The third-order valence-electron chi connectivity index (χ3n) is 3.28. The van der Waals surface area contributed by atoms with E-state index in [1.165, 1.54) is 0 Å². The van der Waals surface area contributed by atoms with Gasteiger partial charge in [0.15, 0.2) is 0 Å². The van der Waals surface area contributed by atoms with Gasteiger partial charge in [0, 0.05) is 18.9 Å². The Kier molecular flexibility index (Phi) is 3.41. The smallest absolute Gasteiger partial charge is 0.133 e. The Balaban J connectivity index is 2.07. The lowest BCUT2D eigenvalue weighted by Gasteiger charge is -2.16. The van der Waals surface area contributed by atoms with Gasteiger partial charge in [-0.25, -0.2) is 15.4 Å². The quantitative estimate of drug-likeness (QED) is 0.552. The van der Waals surface area contributed by atoms with Gasteiger partial charge in [-0.05, 0) is 19.1 Å². The molecule has 6 heteroatoms. The summed E-state index contributed by atoms with van der Waals surface area (Å²) >= 11 is 0. The van der Waals surface area contributed by atoms with E-state index in [-0.39, 0.29) is 6.04 Å². The number of rotatable bonds is 4. The highest BCUT2D eigenvalue weighted by atomic mass is 15.3. The average molecular weight is 268 g/mol. The molecule has 20 heavy (non-hydrogen) atoms. The number of imidazole rings is 1. The Bertz CT molecular complexity index is 720. The van der Waals surface area contributed by atoms with Crippen LogP contribution in [0.15, 0.2) is 42.9 Å². The Morgan fingerprint density at radius 2 is 2.05 bits per heavy atom. The summed E-state index contributed by atoms with van der Waals surface area (Å²) < 4.78 is 2.03. The maximum absolute atomic E-state index is 5.69. The molecule has 102 valence electrons. The van der Waals surface area contributed by atoms with Crippen LogP contribution in [0.2, 0.25) is 0 Å². The van der Waals surface area contributed by atoms with Crippen LogP contribution in [0.25, 0.3) is 11.0 Å². The molecule has 3 rings (SSSR count). The lowest BCUT2D eigenvalue weighted by molar-refractivity contribution is 0.550. The van der Waals surface area contributed by atoms with Gasteiger partial charge in [0.05, 0.1) is 22.9 Å². The summed E-state index contributed by atoms with van der Waals surface area (Å²) in [7, 11) is 0. The fourth-order valence-electron chi connectivity index (χ4n) is 2.25. The van der Waals surface area contributed by atoms with Crippen molar-refractivity contribution in [2.45, 2.75) is 19.5 Å². The van der Waals surface area contributed by atoms with E-state index in [2.05, 4.69) is 27.3 Å². The van der Waals surface area contributed by atoms with Gasteiger partial charge in [0.1, 0.15) is 11.9 Å². The Hall–Kier alpha value is -2.31. The summed E-state index contributed by atoms with van der Waals surface area (Å²) in [6.07, 6.45) is 5.42. The van der Waals surface area contributed by atoms with Gasteiger partial charge in [0.2, 0.25) is 0 Å². The summed E-state index contributed by atoms with van der Waals surface area (Å²) in [5.41, 5.74) is 5.24. The van der Waals surface area contributed by atoms with E-state index in [4.69, 9.17) is 5.84 Å². The molecule has 1 atom stereocenters. The minimum Gasteiger partial charge on any atom is -0.334 e. The summed E-state index contributed by atoms with van der Waals surface area (Å²) in [4.78, 5) is 13.4. The van der Waals surface area contributed by atoms with E-state index in [1.807, 2.05) is 35.0 Å². The van der Waals surface area contributed by atoms with Crippen LogP contribution in [-0.2, 0) is 6.54 Å². The van der Waals surface area contributed by atoms with Gasteiger partial charge >= 0.3 is 0 Å². The van der Waals surface area contributed by atoms with Crippen LogP contribution in [0, 0.1) is 0 Å². The number of aromatic nitrogens is 4. The highest BCUT2D eigenvalue weighted by molar-refractivity contribution is 5.73. The van der Waals surface area contributed by atoms with E-state index >= 15 is 0 Å². The maximum Gasteiger partial charge on any atom is 0.133 e. The summed E-state index contributed by atoms with van der Waals surface area (Å²) in [5.74, 6) is 6.53. The normalized spacial score (nSPS) is 12.7. The van der Waals surface area contributed by atoms with Crippen molar-refractivity contribution in [1.82, 2.24) is 24.9 Å². The molecular weight excluding hydrogens is 252 g/mol. The second kappa shape index (κ2) is 5.36. The molecule has 0 fully saturated rings. The molecule has 2 aromatic heterocycles. The second-order valence-electron chi connectivity index (χ2n) is 4.45. The van der Waals surface area contributed by atoms with Crippen LogP contribution >= 0.6 is 0 Å². The van der Waals surface area contributed by atoms with Crippen LogP contribution in [0.5, 0.6) is 0 Å². The minimum absolute atomic E-state index is 0.276. The third-order valence-corrected chi connectivity index (χ3v) is 3.28. The van der Waals surface area contributed by atoms with Crippen LogP contribution in [0.3, 0.4) is 0 Å². The highest BCUT2D eigenvalue weighted by Crippen LogP contribution is 2.19. The first-order valence-electron chi connectivity index (χ1n) is 6.52. The summed E-state index contributed by atoms with van der Waals surface area (Å²) in [6, 6.07) is 7.48. The zero-order valence-electron chi connectivity index (χ0n) is 11.2. The third kappa shape index (κ3) is 2.15. The van der Waals surface area contributed by atoms with Crippen molar-refractivity contribution in [2.75, 3.05) is 0 Å². The number of fused-ring (bicyclic) bond motifs is 1. The molecule has 0 bridgehead atoms. The van der Waals surface area contributed by atoms with E-state index in [0.29, 0.717) is 0 Å². The Morgan fingerprint density at radius 3 is 2.80 bits per heavy atom. The summed E-state index contributed by atoms with van der Waals surface area (Å²) in [5, 5.41) is 0. The Morgan fingerprint density at radius 1 is 1.25 bits per heavy atom. The number of nitrogens with zero attached hydrogens (tertiary/aromatic N) is 4. The van der Waals surface area contributed by atoms with Gasteiger partial charge in [0.25, 0.3) is 0 Å². The lowest BCUT2D eigenvalue weighted by atomic mass is 10.2. The standard InChI is InChI=1S/C14H16N6/c1-2-20-8-7-16-14(20)13(19-15)12-9-17-10-5-3-4-6-11(10)18-12/h3-9,13,19H,2,15H2,1H3. The number of aryl methyl sites for hydroxylation is 1.